The third-order valence-electron chi connectivity index (χ3n) is 3.72. The van der Waals surface area contributed by atoms with Crippen molar-refractivity contribution in [3.05, 3.63) is 35.1 Å². The fraction of sp³-hybridized carbons (Fsp3) is 0.611. The van der Waals surface area contributed by atoms with Crippen LogP contribution in [0.3, 0.4) is 0 Å². The molecule has 0 radical (unpaired) electrons. The number of rotatable bonds is 10. The van der Waals surface area contributed by atoms with Crippen molar-refractivity contribution in [3.63, 3.8) is 0 Å². The monoisotopic (exact) mass is 275 g/mol. The zero-order valence-electron chi connectivity index (χ0n) is 12.6. The quantitative estimate of drug-likeness (QED) is 0.497. The summed E-state index contributed by atoms with van der Waals surface area (Å²) in [6.07, 6.45) is 12.7. The number of hydrogen-bond acceptors (Lipinski definition) is 1. The Kier molecular flexibility index (Phi) is 8.71. The first-order valence-corrected chi connectivity index (χ1v) is 7.96. The van der Waals surface area contributed by atoms with E-state index in [4.69, 9.17) is 5.26 Å². The summed E-state index contributed by atoms with van der Waals surface area (Å²) in [5, 5.41) is 8.78. The number of hydrogen-bond donors (Lipinski definition) is 0. The van der Waals surface area contributed by atoms with Crippen molar-refractivity contribution >= 4 is 0 Å². The predicted octanol–water partition coefficient (Wildman–Crippen LogP) is 5.77. The molecule has 0 heterocycles. The van der Waals surface area contributed by atoms with Crippen LogP contribution in [0.4, 0.5) is 4.39 Å². The van der Waals surface area contributed by atoms with Gasteiger partial charge in [0, 0.05) is 0 Å². The molecule has 0 bridgehead atoms. The highest BCUT2D eigenvalue weighted by Crippen LogP contribution is 2.14. The van der Waals surface area contributed by atoms with Crippen molar-refractivity contribution in [3.8, 4) is 6.07 Å². The molecule has 0 aliphatic rings. The molecular weight excluding hydrogens is 249 g/mol. The molecule has 0 aromatic heterocycles. The van der Waals surface area contributed by atoms with Gasteiger partial charge in [-0.25, -0.2) is 4.39 Å². The molecule has 0 saturated carbocycles. The molecule has 0 unspecified atom stereocenters. The van der Waals surface area contributed by atoms with Crippen LogP contribution in [0.5, 0.6) is 0 Å². The van der Waals surface area contributed by atoms with Gasteiger partial charge in [0.15, 0.2) is 0 Å². The van der Waals surface area contributed by atoms with Crippen LogP contribution in [0.2, 0.25) is 0 Å². The predicted molar refractivity (Wildman–Crippen MR) is 82.0 cm³/mol. The van der Waals surface area contributed by atoms with Gasteiger partial charge < -0.3 is 0 Å². The third-order valence-corrected chi connectivity index (χ3v) is 3.72. The summed E-state index contributed by atoms with van der Waals surface area (Å²) in [6.45, 7) is 2.24. The second kappa shape index (κ2) is 10.4. The standard InChI is InChI=1S/C18H26FN/c1-2-3-4-5-6-7-8-9-10-11-16-12-13-18(19)17(14-16)15-20/h12-14H,2-11H2,1H3. The van der Waals surface area contributed by atoms with E-state index >= 15 is 0 Å². The van der Waals surface area contributed by atoms with E-state index in [9.17, 15) is 4.39 Å². The second-order valence-corrected chi connectivity index (χ2v) is 5.50. The molecule has 0 spiro atoms. The molecule has 0 aliphatic heterocycles. The lowest BCUT2D eigenvalue weighted by atomic mass is 10.0. The van der Waals surface area contributed by atoms with Crippen molar-refractivity contribution in [1.29, 1.82) is 5.26 Å². The van der Waals surface area contributed by atoms with E-state index < -0.39 is 5.82 Å². The van der Waals surface area contributed by atoms with Gasteiger partial charge in [0.1, 0.15) is 11.9 Å². The lowest BCUT2D eigenvalue weighted by Crippen LogP contribution is -1.90. The Hall–Kier alpha value is -1.36. The van der Waals surface area contributed by atoms with E-state index in [0.717, 1.165) is 18.4 Å². The van der Waals surface area contributed by atoms with Gasteiger partial charge >= 0.3 is 0 Å². The van der Waals surface area contributed by atoms with Gasteiger partial charge in [0.25, 0.3) is 0 Å². The van der Waals surface area contributed by atoms with E-state index in [1.165, 1.54) is 57.4 Å². The molecule has 0 aliphatic carbocycles. The minimum absolute atomic E-state index is 0.165. The van der Waals surface area contributed by atoms with E-state index in [-0.39, 0.29) is 5.56 Å². The van der Waals surface area contributed by atoms with E-state index in [1.807, 2.05) is 6.07 Å². The zero-order valence-corrected chi connectivity index (χ0v) is 12.6. The third kappa shape index (κ3) is 6.70. The second-order valence-electron chi connectivity index (χ2n) is 5.50. The summed E-state index contributed by atoms with van der Waals surface area (Å²) in [5.41, 5.74) is 1.24. The number of nitriles is 1. The number of benzene rings is 1. The van der Waals surface area contributed by atoms with Crippen LogP contribution in [0.15, 0.2) is 18.2 Å². The Labute approximate surface area is 122 Å². The first kappa shape index (κ1) is 16.7. The molecule has 2 heteroatoms. The van der Waals surface area contributed by atoms with Crippen molar-refractivity contribution in [2.75, 3.05) is 0 Å². The molecule has 0 fully saturated rings. The van der Waals surface area contributed by atoms with Crippen molar-refractivity contribution < 1.29 is 4.39 Å². The van der Waals surface area contributed by atoms with Crippen LogP contribution >= 0.6 is 0 Å². The topological polar surface area (TPSA) is 23.8 Å². The first-order chi connectivity index (χ1) is 9.77. The van der Waals surface area contributed by atoms with Crippen molar-refractivity contribution in [2.24, 2.45) is 0 Å². The largest absolute Gasteiger partial charge is 0.206 e. The molecule has 1 aromatic carbocycles. The fourth-order valence-electron chi connectivity index (χ4n) is 2.45. The summed E-state index contributed by atoms with van der Waals surface area (Å²) in [5.74, 6) is -0.414. The first-order valence-electron chi connectivity index (χ1n) is 7.96. The van der Waals surface area contributed by atoms with Crippen LogP contribution in [0.25, 0.3) is 0 Å². The van der Waals surface area contributed by atoms with Gasteiger partial charge in [-0.2, -0.15) is 5.26 Å². The molecule has 1 aromatic rings. The molecule has 110 valence electrons. The highest BCUT2D eigenvalue weighted by Gasteiger charge is 2.02. The lowest BCUT2D eigenvalue weighted by molar-refractivity contribution is 0.564. The van der Waals surface area contributed by atoms with Gasteiger partial charge in [-0.1, -0.05) is 64.4 Å². The SMILES string of the molecule is CCCCCCCCCCCc1ccc(F)c(C#N)c1. The van der Waals surface area contributed by atoms with Gasteiger partial charge in [-0.05, 0) is 30.5 Å². The van der Waals surface area contributed by atoms with E-state index in [2.05, 4.69) is 6.92 Å². The van der Waals surface area contributed by atoms with Gasteiger partial charge in [0.2, 0.25) is 0 Å². The van der Waals surface area contributed by atoms with E-state index in [1.54, 1.807) is 12.1 Å². The summed E-state index contributed by atoms with van der Waals surface area (Å²) in [4.78, 5) is 0. The fourth-order valence-corrected chi connectivity index (χ4v) is 2.45. The summed E-state index contributed by atoms with van der Waals surface area (Å²) in [7, 11) is 0. The van der Waals surface area contributed by atoms with Crippen LogP contribution in [-0.2, 0) is 6.42 Å². The highest BCUT2D eigenvalue weighted by atomic mass is 19.1. The number of halogens is 1. The Balaban J connectivity index is 2.08. The molecular formula is C18H26FN. The Morgan fingerprint density at radius 2 is 1.55 bits per heavy atom. The highest BCUT2D eigenvalue weighted by molar-refractivity contribution is 5.34. The van der Waals surface area contributed by atoms with Crippen LogP contribution in [-0.4, -0.2) is 0 Å². The molecule has 0 N–H and O–H groups in total. The van der Waals surface area contributed by atoms with E-state index in [0.29, 0.717) is 0 Å². The Morgan fingerprint density at radius 1 is 0.950 bits per heavy atom. The molecule has 1 nitrogen and oxygen atoms in total. The zero-order chi connectivity index (χ0) is 14.6. The average Bonchev–Trinajstić information content (AvgIpc) is 2.47. The summed E-state index contributed by atoms with van der Waals surface area (Å²) < 4.78 is 13.2. The normalized spacial score (nSPS) is 10.4. The molecule has 1 rings (SSSR count). The maximum atomic E-state index is 13.2. The molecule has 0 saturated heterocycles. The Morgan fingerprint density at radius 3 is 2.15 bits per heavy atom. The summed E-state index contributed by atoms with van der Waals surface area (Å²) >= 11 is 0. The minimum atomic E-state index is -0.414. The van der Waals surface area contributed by atoms with Crippen LogP contribution in [0, 0.1) is 17.1 Å². The van der Waals surface area contributed by atoms with Gasteiger partial charge in [-0.3, -0.25) is 0 Å². The number of unbranched alkanes of at least 4 members (excludes halogenated alkanes) is 8. The number of nitrogens with zero attached hydrogens (tertiary/aromatic N) is 1. The van der Waals surface area contributed by atoms with Gasteiger partial charge in [-0.15, -0.1) is 0 Å². The van der Waals surface area contributed by atoms with Crippen LogP contribution < -0.4 is 0 Å². The maximum Gasteiger partial charge on any atom is 0.140 e. The molecule has 0 atom stereocenters. The molecule has 20 heavy (non-hydrogen) atoms. The summed E-state index contributed by atoms with van der Waals surface area (Å²) in [6, 6.07) is 6.77. The lowest BCUT2D eigenvalue weighted by Gasteiger charge is -2.03. The maximum absolute atomic E-state index is 13.2. The molecule has 0 amide bonds. The smallest absolute Gasteiger partial charge is 0.140 e. The van der Waals surface area contributed by atoms with Crippen LogP contribution in [0.1, 0.15) is 75.8 Å². The van der Waals surface area contributed by atoms with Crippen molar-refractivity contribution in [1.82, 2.24) is 0 Å². The van der Waals surface area contributed by atoms with Crippen molar-refractivity contribution in [2.45, 2.75) is 71.1 Å². The number of aryl methyl sites for hydroxylation is 1. The average molecular weight is 275 g/mol. The Bertz CT molecular complexity index is 420. The van der Waals surface area contributed by atoms with Gasteiger partial charge in [0.05, 0.1) is 5.56 Å². The minimum Gasteiger partial charge on any atom is -0.206 e.